The van der Waals surface area contributed by atoms with Gasteiger partial charge in [0.2, 0.25) is 6.79 Å². The molecule has 0 bridgehead atoms. The molecular weight excluding hydrogens is 266 g/mol. The van der Waals surface area contributed by atoms with Crippen molar-refractivity contribution in [2.75, 3.05) is 26.4 Å². The lowest BCUT2D eigenvalue weighted by Gasteiger charge is -2.32. The summed E-state index contributed by atoms with van der Waals surface area (Å²) in [6.07, 6.45) is 1.92. The maximum Gasteiger partial charge on any atom is 0.231 e. The second kappa shape index (κ2) is 6.06. The summed E-state index contributed by atoms with van der Waals surface area (Å²) < 4.78 is 10.6. The maximum atomic E-state index is 12.6. The quantitative estimate of drug-likeness (QED) is 0.799. The van der Waals surface area contributed by atoms with E-state index in [1.54, 1.807) is 0 Å². The number of nitrogens with zero attached hydrogens (tertiary/aromatic N) is 1. The fourth-order valence-corrected chi connectivity index (χ4v) is 3.18. The number of likely N-dealkylation sites (tertiary alicyclic amines) is 1. The number of ketones is 1. The Morgan fingerprint density at radius 1 is 1.24 bits per heavy atom. The highest BCUT2D eigenvalue weighted by molar-refractivity contribution is 5.98. The van der Waals surface area contributed by atoms with Gasteiger partial charge in [-0.15, -0.1) is 0 Å². The van der Waals surface area contributed by atoms with E-state index in [9.17, 15) is 4.79 Å². The third-order valence-electron chi connectivity index (χ3n) is 4.24. The Balaban J connectivity index is 1.61. The summed E-state index contributed by atoms with van der Waals surface area (Å²) >= 11 is 0. The van der Waals surface area contributed by atoms with Crippen LogP contribution in [-0.4, -0.2) is 37.1 Å². The van der Waals surface area contributed by atoms with Crippen molar-refractivity contribution < 1.29 is 14.3 Å². The number of hydrogen-bond donors (Lipinski definition) is 0. The van der Waals surface area contributed by atoms with E-state index in [0.717, 1.165) is 43.8 Å². The van der Waals surface area contributed by atoms with Crippen LogP contribution >= 0.6 is 0 Å². The molecule has 0 saturated carbocycles. The fraction of sp³-hybridized carbons (Fsp3) is 0.588. The number of Topliss-reactive ketones (excluding diaryl/α,β-unsaturated/α-hetero) is 1. The van der Waals surface area contributed by atoms with E-state index in [2.05, 4.69) is 18.7 Å². The van der Waals surface area contributed by atoms with Crippen molar-refractivity contribution in [1.82, 2.24) is 4.90 Å². The van der Waals surface area contributed by atoms with Gasteiger partial charge in [0.1, 0.15) is 0 Å². The van der Waals surface area contributed by atoms with Gasteiger partial charge in [0.15, 0.2) is 17.3 Å². The van der Waals surface area contributed by atoms with Crippen LogP contribution in [0.1, 0.15) is 37.0 Å². The zero-order valence-corrected chi connectivity index (χ0v) is 12.8. The summed E-state index contributed by atoms with van der Waals surface area (Å²) in [4.78, 5) is 15.1. The molecule has 0 unspecified atom stereocenters. The van der Waals surface area contributed by atoms with E-state index in [-0.39, 0.29) is 18.5 Å². The van der Waals surface area contributed by atoms with Crippen molar-refractivity contribution in [3.8, 4) is 11.5 Å². The molecular formula is C17H23NO3. The minimum atomic E-state index is 0.147. The monoisotopic (exact) mass is 289 g/mol. The summed E-state index contributed by atoms with van der Waals surface area (Å²) in [6, 6.07) is 5.52. The highest BCUT2D eigenvalue weighted by Gasteiger charge is 2.27. The Morgan fingerprint density at radius 2 is 1.95 bits per heavy atom. The van der Waals surface area contributed by atoms with Gasteiger partial charge in [-0.3, -0.25) is 4.79 Å². The molecule has 21 heavy (non-hydrogen) atoms. The second-order valence-corrected chi connectivity index (χ2v) is 6.40. The lowest BCUT2D eigenvalue weighted by Crippen LogP contribution is -2.38. The van der Waals surface area contributed by atoms with Gasteiger partial charge in [-0.2, -0.15) is 0 Å². The van der Waals surface area contributed by atoms with Crippen LogP contribution in [0, 0.1) is 11.8 Å². The highest BCUT2D eigenvalue weighted by Crippen LogP contribution is 2.34. The molecule has 1 aromatic rings. The summed E-state index contributed by atoms with van der Waals surface area (Å²) in [7, 11) is 0. The van der Waals surface area contributed by atoms with Crippen molar-refractivity contribution >= 4 is 5.78 Å². The van der Waals surface area contributed by atoms with Gasteiger partial charge in [-0.1, -0.05) is 13.8 Å². The lowest BCUT2D eigenvalue weighted by atomic mass is 9.88. The molecule has 0 amide bonds. The van der Waals surface area contributed by atoms with Crippen LogP contribution in [0.4, 0.5) is 0 Å². The molecule has 4 heteroatoms. The predicted octanol–water partition coefficient (Wildman–Crippen LogP) is 2.97. The zero-order chi connectivity index (χ0) is 14.8. The van der Waals surface area contributed by atoms with Crippen molar-refractivity contribution in [2.45, 2.75) is 26.7 Å². The standard InChI is InChI=1S/C17H23NO3/c1-12(2)10-18-7-5-13(6-8-18)17(19)14-3-4-15-16(9-14)21-11-20-15/h3-4,9,12-13H,5-8,10-11H2,1-2H3. The number of ether oxygens (including phenoxy) is 2. The van der Waals surface area contributed by atoms with Crippen molar-refractivity contribution in [1.29, 1.82) is 0 Å². The zero-order valence-electron chi connectivity index (χ0n) is 12.8. The van der Waals surface area contributed by atoms with Crippen LogP contribution in [0.3, 0.4) is 0 Å². The smallest absolute Gasteiger partial charge is 0.231 e. The van der Waals surface area contributed by atoms with Gasteiger partial charge in [-0.05, 0) is 50.0 Å². The molecule has 1 saturated heterocycles. The van der Waals surface area contributed by atoms with E-state index in [4.69, 9.17) is 9.47 Å². The molecule has 3 rings (SSSR count). The van der Waals surface area contributed by atoms with Crippen LogP contribution in [0.2, 0.25) is 0 Å². The van der Waals surface area contributed by atoms with E-state index in [1.165, 1.54) is 0 Å². The summed E-state index contributed by atoms with van der Waals surface area (Å²) in [5.41, 5.74) is 0.751. The Labute approximate surface area is 126 Å². The summed E-state index contributed by atoms with van der Waals surface area (Å²) in [5, 5.41) is 0. The Bertz CT molecular complexity index is 519. The van der Waals surface area contributed by atoms with Crippen LogP contribution in [-0.2, 0) is 0 Å². The van der Waals surface area contributed by atoms with E-state index in [0.29, 0.717) is 11.7 Å². The summed E-state index contributed by atoms with van der Waals surface area (Å²) in [5.74, 6) is 2.51. The Hall–Kier alpha value is -1.55. The van der Waals surface area contributed by atoms with Crippen LogP contribution < -0.4 is 9.47 Å². The first-order valence-electron chi connectivity index (χ1n) is 7.79. The number of fused-ring (bicyclic) bond motifs is 1. The minimum absolute atomic E-state index is 0.147. The van der Waals surface area contributed by atoms with Crippen LogP contribution in [0.5, 0.6) is 11.5 Å². The molecule has 0 atom stereocenters. The van der Waals surface area contributed by atoms with Gasteiger partial charge in [0.05, 0.1) is 0 Å². The Kier molecular flexibility index (Phi) is 4.15. The number of carbonyl (C=O) groups excluding carboxylic acids is 1. The molecule has 4 nitrogen and oxygen atoms in total. The molecule has 0 spiro atoms. The Morgan fingerprint density at radius 3 is 2.67 bits per heavy atom. The van der Waals surface area contributed by atoms with Crippen LogP contribution in [0.15, 0.2) is 18.2 Å². The van der Waals surface area contributed by atoms with E-state index >= 15 is 0 Å². The highest BCUT2D eigenvalue weighted by atomic mass is 16.7. The number of carbonyl (C=O) groups is 1. The van der Waals surface area contributed by atoms with Gasteiger partial charge >= 0.3 is 0 Å². The summed E-state index contributed by atoms with van der Waals surface area (Å²) in [6.45, 7) is 7.91. The van der Waals surface area contributed by atoms with Gasteiger partial charge in [0.25, 0.3) is 0 Å². The molecule has 2 aliphatic rings. The van der Waals surface area contributed by atoms with Gasteiger partial charge in [0, 0.05) is 18.0 Å². The van der Waals surface area contributed by atoms with Gasteiger partial charge in [-0.25, -0.2) is 0 Å². The number of benzene rings is 1. The molecule has 2 aliphatic heterocycles. The van der Waals surface area contributed by atoms with Crippen molar-refractivity contribution in [3.05, 3.63) is 23.8 Å². The van der Waals surface area contributed by atoms with Crippen molar-refractivity contribution in [2.24, 2.45) is 11.8 Å². The predicted molar refractivity (Wildman–Crippen MR) is 80.9 cm³/mol. The second-order valence-electron chi connectivity index (χ2n) is 6.40. The third-order valence-corrected chi connectivity index (χ3v) is 4.24. The maximum absolute atomic E-state index is 12.6. The van der Waals surface area contributed by atoms with E-state index in [1.807, 2.05) is 18.2 Å². The first-order valence-corrected chi connectivity index (χ1v) is 7.79. The number of hydrogen-bond acceptors (Lipinski definition) is 4. The van der Waals surface area contributed by atoms with Crippen molar-refractivity contribution in [3.63, 3.8) is 0 Å². The molecule has 0 radical (unpaired) electrons. The van der Waals surface area contributed by atoms with Gasteiger partial charge < -0.3 is 14.4 Å². The minimum Gasteiger partial charge on any atom is -0.454 e. The SMILES string of the molecule is CC(C)CN1CCC(C(=O)c2ccc3c(c2)OCO3)CC1. The molecule has 0 N–H and O–H groups in total. The van der Waals surface area contributed by atoms with E-state index < -0.39 is 0 Å². The average molecular weight is 289 g/mol. The fourth-order valence-electron chi connectivity index (χ4n) is 3.18. The first kappa shape index (κ1) is 14.4. The molecule has 1 fully saturated rings. The molecule has 0 aromatic heterocycles. The molecule has 2 heterocycles. The van der Waals surface area contributed by atoms with Crippen LogP contribution in [0.25, 0.3) is 0 Å². The topological polar surface area (TPSA) is 38.8 Å². The molecule has 1 aromatic carbocycles. The lowest BCUT2D eigenvalue weighted by molar-refractivity contribution is 0.0831. The normalized spacial score (nSPS) is 19.2. The average Bonchev–Trinajstić information content (AvgIpc) is 2.94. The first-order chi connectivity index (χ1) is 10.1. The number of piperidine rings is 1. The number of rotatable bonds is 4. The molecule has 0 aliphatic carbocycles. The largest absolute Gasteiger partial charge is 0.454 e. The third kappa shape index (κ3) is 3.21. The molecule has 114 valence electrons.